The van der Waals surface area contributed by atoms with Crippen LogP contribution < -0.4 is 5.32 Å². The maximum atomic E-state index is 5.27. The first-order chi connectivity index (χ1) is 10.2. The number of rotatable bonds is 7. The van der Waals surface area contributed by atoms with Crippen molar-refractivity contribution >= 4 is 0 Å². The summed E-state index contributed by atoms with van der Waals surface area (Å²) < 4.78 is 5.27. The molecule has 1 aromatic rings. The number of hydrogen-bond donors (Lipinski definition) is 1. The minimum absolute atomic E-state index is 0.578. The molecule has 1 unspecified atom stereocenters. The Kier molecular flexibility index (Phi) is 6.68. The molecule has 0 aromatic heterocycles. The first-order valence-electron chi connectivity index (χ1n) is 8.17. The maximum absolute atomic E-state index is 5.27. The molecular formula is C18H30N2O. The first-order valence-corrected chi connectivity index (χ1v) is 8.17. The molecule has 0 bridgehead atoms. The van der Waals surface area contributed by atoms with E-state index in [1.807, 2.05) is 14.2 Å². The molecule has 0 spiro atoms. The highest BCUT2D eigenvalue weighted by molar-refractivity contribution is 5.25. The zero-order chi connectivity index (χ0) is 15.1. The Morgan fingerprint density at radius 3 is 2.48 bits per heavy atom. The largest absolute Gasteiger partial charge is 0.384 e. The second kappa shape index (κ2) is 8.52. The summed E-state index contributed by atoms with van der Waals surface area (Å²) in [5, 5.41) is 3.24. The molecule has 1 aliphatic heterocycles. The van der Waals surface area contributed by atoms with Crippen LogP contribution in [-0.2, 0) is 11.3 Å². The van der Waals surface area contributed by atoms with Gasteiger partial charge in [-0.3, -0.25) is 4.90 Å². The molecule has 118 valence electrons. The van der Waals surface area contributed by atoms with Crippen LogP contribution >= 0.6 is 0 Å². The summed E-state index contributed by atoms with van der Waals surface area (Å²) in [5.74, 6) is 1.34. The summed E-state index contributed by atoms with van der Waals surface area (Å²) in [5.41, 5.74) is 2.85. The van der Waals surface area contributed by atoms with Gasteiger partial charge in [-0.2, -0.15) is 0 Å². The average Bonchev–Trinajstić information content (AvgIpc) is 2.50. The fraction of sp³-hybridized carbons (Fsp3) is 0.667. The number of nitrogens with zero attached hydrogens (tertiary/aromatic N) is 1. The third-order valence-corrected chi connectivity index (χ3v) is 4.57. The molecule has 3 nitrogen and oxygen atoms in total. The normalized spacial score (nSPS) is 18.8. The van der Waals surface area contributed by atoms with Gasteiger partial charge in [0.05, 0.1) is 0 Å². The zero-order valence-electron chi connectivity index (χ0n) is 13.8. The molecule has 0 amide bonds. The van der Waals surface area contributed by atoms with Gasteiger partial charge in [0.15, 0.2) is 0 Å². The van der Waals surface area contributed by atoms with Gasteiger partial charge in [0.25, 0.3) is 0 Å². The predicted molar refractivity (Wildman–Crippen MR) is 88.7 cm³/mol. The molecule has 3 heteroatoms. The molecule has 1 heterocycles. The number of hydrogen-bond acceptors (Lipinski definition) is 3. The Hall–Kier alpha value is -0.900. The highest BCUT2D eigenvalue weighted by Gasteiger charge is 2.18. The lowest BCUT2D eigenvalue weighted by molar-refractivity contribution is 0.0968. The standard InChI is InChI=1S/C18H30N2O/c1-15(12-19-2)18-6-4-16(5-7-18)13-20-10-8-17(9-11-20)14-21-3/h4-7,15,17,19H,8-14H2,1-3H3. The van der Waals surface area contributed by atoms with Gasteiger partial charge in [-0.05, 0) is 55.9 Å². The van der Waals surface area contributed by atoms with Gasteiger partial charge in [0.1, 0.15) is 0 Å². The highest BCUT2D eigenvalue weighted by atomic mass is 16.5. The summed E-state index contributed by atoms with van der Waals surface area (Å²) >= 11 is 0. The fourth-order valence-corrected chi connectivity index (χ4v) is 3.18. The molecule has 1 atom stereocenters. The van der Waals surface area contributed by atoms with Crippen LogP contribution in [0.1, 0.15) is 36.8 Å². The van der Waals surface area contributed by atoms with Crippen LogP contribution in [0.25, 0.3) is 0 Å². The van der Waals surface area contributed by atoms with Crippen molar-refractivity contribution in [2.45, 2.75) is 32.2 Å². The van der Waals surface area contributed by atoms with Crippen molar-refractivity contribution in [1.82, 2.24) is 10.2 Å². The van der Waals surface area contributed by atoms with E-state index in [0.29, 0.717) is 5.92 Å². The molecule has 1 aliphatic rings. The highest BCUT2D eigenvalue weighted by Crippen LogP contribution is 2.20. The van der Waals surface area contributed by atoms with Crippen LogP contribution in [-0.4, -0.2) is 45.3 Å². The van der Waals surface area contributed by atoms with Crippen LogP contribution in [0.2, 0.25) is 0 Å². The summed E-state index contributed by atoms with van der Waals surface area (Å²) in [4.78, 5) is 2.57. The molecular weight excluding hydrogens is 260 g/mol. The predicted octanol–water partition coefficient (Wildman–Crippen LogP) is 2.87. The van der Waals surface area contributed by atoms with Crippen LogP contribution in [0, 0.1) is 5.92 Å². The van der Waals surface area contributed by atoms with Crippen molar-refractivity contribution in [3.8, 4) is 0 Å². The van der Waals surface area contributed by atoms with E-state index in [1.165, 1.54) is 37.1 Å². The fourth-order valence-electron chi connectivity index (χ4n) is 3.18. The van der Waals surface area contributed by atoms with Crippen LogP contribution in [0.15, 0.2) is 24.3 Å². The SMILES string of the molecule is CNCC(C)c1ccc(CN2CCC(COC)CC2)cc1. The smallest absolute Gasteiger partial charge is 0.0491 e. The Morgan fingerprint density at radius 1 is 1.24 bits per heavy atom. The lowest BCUT2D eigenvalue weighted by atomic mass is 9.96. The number of nitrogens with one attached hydrogen (secondary N) is 1. The number of methoxy groups -OCH3 is 1. The van der Waals surface area contributed by atoms with Gasteiger partial charge in [-0.25, -0.2) is 0 Å². The van der Waals surface area contributed by atoms with Crippen molar-refractivity contribution in [2.75, 3.05) is 40.4 Å². The van der Waals surface area contributed by atoms with E-state index in [4.69, 9.17) is 4.74 Å². The van der Waals surface area contributed by atoms with Crippen molar-refractivity contribution in [3.63, 3.8) is 0 Å². The Labute approximate surface area is 129 Å². The van der Waals surface area contributed by atoms with E-state index in [1.54, 1.807) is 0 Å². The monoisotopic (exact) mass is 290 g/mol. The minimum atomic E-state index is 0.578. The molecule has 1 saturated heterocycles. The van der Waals surface area contributed by atoms with Crippen LogP contribution in [0.3, 0.4) is 0 Å². The van der Waals surface area contributed by atoms with E-state index < -0.39 is 0 Å². The molecule has 0 aliphatic carbocycles. The van der Waals surface area contributed by atoms with Crippen molar-refractivity contribution in [3.05, 3.63) is 35.4 Å². The summed E-state index contributed by atoms with van der Waals surface area (Å²) in [6.07, 6.45) is 2.54. The van der Waals surface area contributed by atoms with Gasteiger partial charge in [0, 0.05) is 26.8 Å². The van der Waals surface area contributed by atoms with Gasteiger partial charge in [0.2, 0.25) is 0 Å². The number of likely N-dealkylation sites (N-methyl/N-ethyl adjacent to an activating group) is 1. The second-order valence-electron chi connectivity index (χ2n) is 6.38. The van der Waals surface area contributed by atoms with Crippen molar-refractivity contribution in [2.24, 2.45) is 5.92 Å². The number of likely N-dealkylation sites (tertiary alicyclic amines) is 1. The van der Waals surface area contributed by atoms with Crippen LogP contribution in [0.5, 0.6) is 0 Å². The Bertz CT molecular complexity index is 396. The number of ether oxygens (including phenoxy) is 1. The first kappa shape index (κ1) is 16.5. The molecule has 2 rings (SSSR count). The van der Waals surface area contributed by atoms with Crippen molar-refractivity contribution in [1.29, 1.82) is 0 Å². The molecule has 0 radical (unpaired) electrons. The summed E-state index contributed by atoms with van der Waals surface area (Å²) in [6, 6.07) is 9.16. The van der Waals surface area contributed by atoms with Gasteiger partial charge < -0.3 is 10.1 Å². The molecule has 1 aromatic carbocycles. The Balaban J connectivity index is 1.81. The van der Waals surface area contributed by atoms with Crippen molar-refractivity contribution < 1.29 is 4.74 Å². The van der Waals surface area contributed by atoms with E-state index >= 15 is 0 Å². The third-order valence-electron chi connectivity index (χ3n) is 4.57. The third kappa shape index (κ3) is 5.10. The lowest BCUT2D eigenvalue weighted by Crippen LogP contribution is -2.34. The van der Waals surface area contributed by atoms with E-state index in [0.717, 1.165) is 25.6 Å². The topological polar surface area (TPSA) is 24.5 Å². The number of benzene rings is 1. The van der Waals surface area contributed by atoms with E-state index in [9.17, 15) is 0 Å². The quantitative estimate of drug-likeness (QED) is 0.835. The average molecular weight is 290 g/mol. The molecule has 21 heavy (non-hydrogen) atoms. The number of piperidine rings is 1. The lowest BCUT2D eigenvalue weighted by Gasteiger charge is -2.31. The second-order valence-corrected chi connectivity index (χ2v) is 6.38. The Morgan fingerprint density at radius 2 is 1.90 bits per heavy atom. The zero-order valence-corrected chi connectivity index (χ0v) is 13.8. The molecule has 1 fully saturated rings. The van der Waals surface area contributed by atoms with Gasteiger partial charge >= 0.3 is 0 Å². The molecule has 1 N–H and O–H groups in total. The summed E-state index contributed by atoms with van der Waals surface area (Å²) in [7, 11) is 3.82. The van der Waals surface area contributed by atoms with E-state index in [2.05, 4.69) is 41.4 Å². The summed E-state index contributed by atoms with van der Waals surface area (Å²) in [6.45, 7) is 7.71. The van der Waals surface area contributed by atoms with Gasteiger partial charge in [-0.15, -0.1) is 0 Å². The van der Waals surface area contributed by atoms with Crippen LogP contribution in [0.4, 0.5) is 0 Å². The van der Waals surface area contributed by atoms with Gasteiger partial charge in [-0.1, -0.05) is 31.2 Å². The minimum Gasteiger partial charge on any atom is -0.384 e. The van der Waals surface area contributed by atoms with E-state index in [-0.39, 0.29) is 0 Å². The molecule has 0 saturated carbocycles. The maximum Gasteiger partial charge on any atom is 0.0491 e.